The highest BCUT2D eigenvalue weighted by atomic mass is 16.7. The molecular formula is C11H12N2O3. The van der Waals surface area contributed by atoms with Crippen molar-refractivity contribution >= 4 is 11.6 Å². The predicted molar refractivity (Wildman–Crippen MR) is 57.5 cm³/mol. The molecule has 16 heavy (non-hydrogen) atoms. The fourth-order valence-corrected chi connectivity index (χ4v) is 2.10. The van der Waals surface area contributed by atoms with Gasteiger partial charge in [0.15, 0.2) is 11.5 Å². The summed E-state index contributed by atoms with van der Waals surface area (Å²) in [4.78, 5) is 13.3. The Kier molecular flexibility index (Phi) is 1.85. The lowest BCUT2D eigenvalue weighted by Gasteiger charge is -2.29. The second-order valence-electron chi connectivity index (χ2n) is 4.03. The third kappa shape index (κ3) is 1.18. The normalized spacial score (nSPS) is 22.2. The number of hydrogen-bond acceptors (Lipinski definition) is 4. The summed E-state index contributed by atoms with van der Waals surface area (Å²) in [6, 6.07) is 3.42. The zero-order valence-corrected chi connectivity index (χ0v) is 8.90. The fraction of sp³-hybridized carbons (Fsp3) is 0.364. The summed E-state index contributed by atoms with van der Waals surface area (Å²) in [5, 5.41) is 0. The molecule has 0 aliphatic carbocycles. The molecule has 0 radical (unpaired) electrons. The Bertz CT molecular complexity index is 473. The molecular weight excluding hydrogens is 208 g/mol. The lowest BCUT2D eigenvalue weighted by molar-refractivity contribution is -0.119. The Morgan fingerprint density at radius 2 is 2.06 bits per heavy atom. The molecule has 1 aromatic rings. The lowest BCUT2D eigenvalue weighted by Crippen LogP contribution is -2.35. The van der Waals surface area contributed by atoms with Gasteiger partial charge in [-0.15, -0.1) is 0 Å². The maximum atomic E-state index is 11.6. The van der Waals surface area contributed by atoms with Gasteiger partial charge in [-0.25, -0.2) is 0 Å². The van der Waals surface area contributed by atoms with Crippen LogP contribution < -0.4 is 20.1 Å². The number of hydrogen-bond donors (Lipinski definition) is 1. The molecule has 1 unspecified atom stereocenters. The molecule has 2 heterocycles. The summed E-state index contributed by atoms with van der Waals surface area (Å²) in [5.74, 6) is 1.41. The van der Waals surface area contributed by atoms with Crippen LogP contribution in [0.25, 0.3) is 0 Å². The molecule has 2 aliphatic heterocycles. The van der Waals surface area contributed by atoms with Gasteiger partial charge in [0.25, 0.3) is 0 Å². The highest BCUT2D eigenvalue weighted by Gasteiger charge is 2.30. The number of anilines is 1. The second kappa shape index (κ2) is 3.12. The maximum absolute atomic E-state index is 11.6. The van der Waals surface area contributed by atoms with Crippen LogP contribution in [0.1, 0.15) is 18.0 Å². The minimum Gasteiger partial charge on any atom is -0.454 e. The minimum atomic E-state index is -0.256. The molecule has 0 saturated heterocycles. The molecule has 2 N–H and O–H groups in total. The van der Waals surface area contributed by atoms with Gasteiger partial charge in [0.1, 0.15) is 0 Å². The number of ether oxygens (including phenoxy) is 2. The molecule has 2 aliphatic rings. The third-order valence-electron chi connectivity index (χ3n) is 3.05. The van der Waals surface area contributed by atoms with E-state index in [4.69, 9.17) is 15.2 Å². The molecule has 0 aromatic heterocycles. The van der Waals surface area contributed by atoms with E-state index in [1.807, 2.05) is 12.1 Å². The van der Waals surface area contributed by atoms with Gasteiger partial charge < -0.3 is 20.1 Å². The first-order valence-electron chi connectivity index (χ1n) is 5.12. The van der Waals surface area contributed by atoms with Crippen LogP contribution in [0.5, 0.6) is 11.5 Å². The molecule has 0 fully saturated rings. The number of fused-ring (bicyclic) bond motifs is 2. The van der Waals surface area contributed by atoms with E-state index in [0.29, 0.717) is 17.9 Å². The monoisotopic (exact) mass is 220 g/mol. The number of benzene rings is 1. The molecule has 1 aromatic carbocycles. The first-order chi connectivity index (χ1) is 7.66. The molecule has 0 bridgehead atoms. The lowest BCUT2D eigenvalue weighted by atomic mass is 9.96. The van der Waals surface area contributed by atoms with Crippen molar-refractivity contribution < 1.29 is 14.3 Å². The van der Waals surface area contributed by atoms with Gasteiger partial charge in [-0.1, -0.05) is 0 Å². The number of carbonyl (C=O) groups is 1. The van der Waals surface area contributed by atoms with Crippen molar-refractivity contribution in [2.45, 2.75) is 12.5 Å². The van der Waals surface area contributed by atoms with Crippen molar-refractivity contribution in [3.63, 3.8) is 0 Å². The van der Waals surface area contributed by atoms with Crippen LogP contribution in [0.2, 0.25) is 0 Å². The second-order valence-corrected chi connectivity index (χ2v) is 4.03. The van der Waals surface area contributed by atoms with Crippen LogP contribution in [0.15, 0.2) is 12.1 Å². The molecule has 5 nitrogen and oxygen atoms in total. The summed E-state index contributed by atoms with van der Waals surface area (Å²) >= 11 is 0. The highest BCUT2D eigenvalue weighted by Crippen LogP contribution is 2.42. The van der Waals surface area contributed by atoms with Crippen LogP contribution in [0, 0.1) is 0 Å². The number of nitrogens with two attached hydrogens (primary N) is 1. The average molecular weight is 220 g/mol. The van der Waals surface area contributed by atoms with Crippen molar-refractivity contribution in [3.05, 3.63) is 17.7 Å². The van der Waals surface area contributed by atoms with Gasteiger partial charge in [-0.05, 0) is 11.6 Å². The van der Waals surface area contributed by atoms with Crippen molar-refractivity contribution in [2.75, 3.05) is 18.7 Å². The zero-order valence-electron chi connectivity index (χ0n) is 8.90. The Labute approximate surface area is 92.7 Å². The van der Waals surface area contributed by atoms with Crippen LogP contribution in [0.3, 0.4) is 0 Å². The van der Waals surface area contributed by atoms with Crippen molar-refractivity contribution in [1.29, 1.82) is 0 Å². The molecule has 5 heteroatoms. The summed E-state index contributed by atoms with van der Waals surface area (Å²) in [6.45, 7) is 0.227. The Balaban J connectivity index is 2.17. The Hall–Kier alpha value is -1.75. The smallest absolute Gasteiger partial charge is 0.231 e. The first-order valence-corrected chi connectivity index (χ1v) is 5.12. The molecule has 0 spiro atoms. The van der Waals surface area contributed by atoms with Gasteiger partial charge in [0.2, 0.25) is 12.7 Å². The minimum absolute atomic E-state index is 0.0267. The van der Waals surface area contributed by atoms with Gasteiger partial charge >= 0.3 is 0 Å². The predicted octanol–water partition coefficient (Wildman–Crippen LogP) is 0.782. The van der Waals surface area contributed by atoms with E-state index in [9.17, 15) is 4.79 Å². The zero-order chi connectivity index (χ0) is 11.3. The Morgan fingerprint density at radius 3 is 2.81 bits per heavy atom. The van der Waals surface area contributed by atoms with Gasteiger partial charge in [0, 0.05) is 25.6 Å². The van der Waals surface area contributed by atoms with Crippen LogP contribution in [-0.4, -0.2) is 19.7 Å². The molecule has 1 atom stereocenters. The van der Waals surface area contributed by atoms with E-state index < -0.39 is 0 Å². The summed E-state index contributed by atoms with van der Waals surface area (Å²) < 4.78 is 10.6. The van der Waals surface area contributed by atoms with Gasteiger partial charge in [0.05, 0.1) is 5.69 Å². The quantitative estimate of drug-likeness (QED) is 0.701. The van der Waals surface area contributed by atoms with E-state index >= 15 is 0 Å². The summed E-state index contributed by atoms with van der Waals surface area (Å²) in [7, 11) is 1.75. The average Bonchev–Trinajstić information content (AvgIpc) is 2.71. The standard InChI is InChI=1S/C11H12N2O3/c1-13-8-4-10-9(15-5-16-10)2-6(8)7(12)3-11(13)14/h2,4,7H,3,5,12H2,1H3. The maximum Gasteiger partial charge on any atom is 0.231 e. The van der Waals surface area contributed by atoms with Crippen molar-refractivity contribution in [3.8, 4) is 11.5 Å². The Morgan fingerprint density at radius 1 is 1.38 bits per heavy atom. The van der Waals surface area contributed by atoms with E-state index in [1.54, 1.807) is 11.9 Å². The number of amides is 1. The number of nitrogens with zero attached hydrogens (tertiary/aromatic N) is 1. The molecule has 3 rings (SSSR count). The van der Waals surface area contributed by atoms with Crippen molar-refractivity contribution in [2.24, 2.45) is 5.73 Å². The van der Waals surface area contributed by atoms with Gasteiger partial charge in [-0.2, -0.15) is 0 Å². The van der Waals surface area contributed by atoms with Crippen LogP contribution in [-0.2, 0) is 4.79 Å². The largest absolute Gasteiger partial charge is 0.454 e. The highest BCUT2D eigenvalue weighted by molar-refractivity contribution is 5.97. The van der Waals surface area contributed by atoms with E-state index in [0.717, 1.165) is 11.3 Å². The van der Waals surface area contributed by atoms with E-state index in [2.05, 4.69) is 0 Å². The summed E-state index contributed by atoms with van der Waals surface area (Å²) in [6.07, 6.45) is 0.336. The number of rotatable bonds is 0. The molecule has 1 amide bonds. The first kappa shape index (κ1) is 9.47. The van der Waals surface area contributed by atoms with Crippen LogP contribution in [0.4, 0.5) is 5.69 Å². The molecule has 84 valence electrons. The topological polar surface area (TPSA) is 64.8 Å². The fourth-order valence-electron chi connectivity index (χ4n) is 2.10. The van der Waals surface area contributed by atoms with Gasteiger partial charge in [-0.3, -0.25) is 4.79 Å². The molecule has 0 saturated carbocycles. The van der Waals surface area contributed by atoms with Crippen LogP contribution >= 0.6 is 0 Å². The third-order valence-corrected chi connectivity index (χ3v) is 3.05. The number of carbonyl (C=O) groups excluding carboxylic acids is 1. The van der Waals surface area contributed by atoms with E-state index in [1.165, 1.54) is 0 Å². The van der Waals surface area contributed by atoms with E-state index in [-0.39, 0.29) is 18.7 Å². The van der Waals surface area contributed by atoms with Crippen molar-refractivity contribution in [1.82, 2.24) is 0 Å². The summed E-state index contributed by atoms with van der Waals surface area (Å²) in [5.41, 5.74) is 7.70. The SMILES string of the molecule is CN1C(=O)CC(N)c2cc3c(cc21)OCO3.